The molecule has 1 N–H and O–H groups in total. The van der Waals surface area contributed by atoms with E-state index in [4.69, 9.17) is 0 Å². The zero-order chi connectivity index (χ0) is 12.3. The average molecular weight is 238 g/mol. The quantitative estimate of drug-likeness (QED) is 0.816. The molecular formula is C14H26N2O. The summed E-state index contributed by atoms with van der Waals surface area (Å²) in [7, 11) is 2.01. The van der Waals surface area contributed by atoms with Crippen molar-refractivity contribution in [1.82, 2.24) is 10.2 Å². The van der Waals surface area contributed by atoms with Crippen molar-refractivity contribution in [3.05, 3.63) is 0 Å². The van der Waals surface area contributed by atoms with Crippen LogP contribution in [-0.4, -0.2) is 37.0 Å². The highest BCUT2D eigenvalue weighted by atomic mass is 16.2. The van der Waals surface area contributed by atoms with Crippen molar-refractivity contribution in [1.29, 1.82) is 0 Å². The summed E-state index contributed by atoms with van der Waals surface area (Å²) in [4.78, 5) is 14.2. The van der Waals surface area contributed by atoms with Gasteiger partial charge in [-0.2, -0.15) is 0 Å². The Kier molecular flexibility index (Phi) is 4.43. The van der Waals surface area contributed by atoms with Crippen molar-refractivity contribution in [2.24, 2.45) is 11.8 Å². The molecule has 3 heteroatoms. The Morgan fingerprint density at radius 1 is 1.35 bits per heavy atom. The molecule has 1 saturated carbocycles. The van der Waals surface area contributed by atoms with Gasteiger partial charge in [-0.3, -0.25) is 4.79 Å². The minimum absolute atomic E-state index is 0.359. The lowest BCUT2D eigenvalue weighted by molar-refractivity contribution is -0.133. The summed E-state index contributed by atoms with van der Waals surface area (Å²) in [5, 5.41) is 3.33. The van der Waals surface area contributed by atoms with Crippen molar-refractivity contribution in [3.8, 4) is 0 Å². The fourth-order valence-corrected chi connectivity index (χ4v) is 3.24. The van der Waals surface area contributed by atoms with E-state index in [-0.39, 0.29) is 0 Å². The lowest BCUT2D eigenvalue weighted by Gasteiger charge is -2.34. The van der Waals surface area contributed by atoms with E-state index in [2.05, 4.69) is 12.2 Å². The molecule has 0 aromatic heterocycles. The van der Waals surface area contributed by atoms with Gasteiger partial charge in [-0.05, 0) is 44.2 Å². The summed E-state index contributed by atoms with van der Waals surface area (Å²) in [5.41, 5.74) is 0. The zero-order valence-corrected chi connectivity index (χ0v) is 11.2. The minimum Gasteiger partial charge on any atom is -0.343 e. The summed E-state index contributed by atoms with van der Waals surface area (Å²) >= 11 is 0. The molecule has 0 bridgehead atoms. The highest BCUT2D eigenvalue weighted by molar-refractivity contribution is 5.76. The van der Waals surface area contributed by atoms with Crippen LogP contribution in [0, 0.1) is 11.8 Å². The third-order valence-electron chi connectivity index (χ3n) is 4.48. The monoisotopic (exact) mass is 238 g/mol. The molecule has 3 unspecified atom stereocenters. The number of hydrogen-bond donors (Lipinski definition) is 1. The van der Waals surface area contributed by atoms with Gasteiger partial charge in [-0.15, -0.1) is 0 Å². The largest absolute Gasteiger partial charge is 0.343 e. The highest BCUT2D eigenvalue weighted by Crippen LogP contribution is 2.27. The Morgan fingerprint density at radius 2 is 2.18 bits per heavy atom. The summed E-state index contributed by atoms with van der Waals surface area (Å²) < 4.78 is 0. The second-order valence-electron chi connectivity index (χ2n) is 5.99. The smallest absolute Gasteiger partial charge is 0.222 e. The van der Waals surface area contributed by atoms with E-state index < -0.39 is 0 Å². The van der Waals surface area contributed by atoms with Gasteiger partial charge in [-0.1, -0.05) is 19.8 Å². The number of nitrogens with one attached hydrogen (secondary N) is 1. The molecule has 1 amide bonds. The lowest BCUT2D eigenvalue weighted by atomic mass is 9.86. The maximum atomic E-state index is 12.2. The number of carbonyl (C=O) groups is 1. The first-order valence-corrected chi connectivity index (χ1v) is 7.13. The van der Waals surface area contributed by atoms with E-state index in [0.717, 1.165) is 25.4 Å². The van der Waals surface area contributed by atoms with Gasteiger partial charge in [0.1, 0.15) is 0 Å². The molecule has 2 fully saturated rings. The highest BCUT2D eigenvalue weighted by Gasteiger charge is 2.27. The van der Waals surface area contributed by atoms with Crippen molar-refractivity contribution in [3.63, 3.8) is 0 Å². The van der Waals surface area contributed by atoms with Gasteiger partial charge < -0.3 is 10.2 Å². The first-order chi connectivity index (χ1) is 8.16. The maximum absolute atomic E-state index is 12.2. The first kappa shape index (κ1) is 12.9. The van der Waals surface area contributed by atoms with Gasteiger partial charge >= 0.3 is 0 Å². The Bertz CT molecular complexity index is 261. The van der Waals surface area contributed by atoms with Gasteiger partial charge in [0.15, 0.2) is 0 Å². The van der Waals surface area contributed by atoms with Crippen LogP contribution in [0.5, 0.6) is 0 Å². The third kappa shape index (κ3) is 3.44. The van der Waals surface area contributed by atoms with Crippen LogP contribution in [0.2, 0.25) is 0 Å². The molecule has 3 atom stereocenters. The lowest BCUT2D eigenvalue weighted by Crippen LogP contribution is -2.40. The normalized spacial score (nSPS) is 33.6. The molecule has 0 spiro atoms. The Labute approximate surface area is 105 Å². The summed E-state index contributed by atoms with van der Waals surface area (Å²) in [6.07, 6.45) is 6.94. The van der Waals surface area contributed by atoms with Crippen LogP contribution in [-0.2, 0) is 4.79 Å². The average Bonchev–Trinajstić information content (AvgIpc) is 2.80. The van der Waals surface area contributed by atoms with Crippen molar-refractivity contribution in [2.45, 2.75) is 51.5 Å². The third-order valence-corrected chi connectivity index (χ3v) is 4.48. The topological polar surface area (TPSA) is 32.3 Å². The summed E-state index contributed by atoms with van der Waals surface area (Å²) in [5.74, 6) is 1.72. The minimum atomic E-state index is 0.359. The Hall–Kier alpha value is -0.570. The van der Waals surface area contributed by atoms with Crippen LogP contribution in [0.4, 0.5) is 0 Å². The number of amides is 1. The van der Waals surface area contributed by atoms with Crippen molar-refractivity contribution < 1.29 is 4.79 Å². The van der Waals surface area contributed by atoms with Crippen LogP contribution in [0.1, 0.15) is 45.4 Å². The van der Waals surface area contributed by atoms with E-state index in [0.29, 0.717) is 17.9 Å². The van der Waals surface area contributed by atoms with Crippen LogP contribution in [0.15, 0.2) is 0 Å². The van der Waals surface area contributed by atoms with E-state index >= 15 is 0 Å². The SMILES string of the molecule is CC1CCCC(N(C)C(=O)CC2CCNC2)C1. The Balaban J connectivity index is 1.80. The zero-order valence-electron chi connectivity index (χ0n) is 11.2. The fraction of sp³-hybridized carbons (Fsp3) is 0.929. The van der Waals surface area contributed by atoms with Gasteiger partial charge in [0.25, 0.3) is 0 Å². The molecule has 1 aliphatic carbocycles. The van der Waals surface area contributed by atoms with Gasteiger partial charge in [0.2, 0.25) is 5.91 Å². The molecule has 0 aromatic rings. The molecule has 1 aliphatic heterocycles. The van der Waals surface area contributed by atoms with Crippen molar-refractivity contribution in [2.75, 3.05) is 20.1 Å². The van der Waals surface area contributed by atoms with Gasteiger partial charge in [-0.25, -0.2) is 0 Å². The van der Waals surface area contributed by atoms with E-state index in [1.165, 1.54) is 32.1 Å². The predicted molar refractivity (Wildman–Crippen MR) is 69.8 cm³/mol. The molecule has 0 aromatic carbocycles. The molecule has 1 saturated heterocycles. The standard InChI is InChI=1S/C14H26N2O/c1-11-4-3-5-13(8-11)16(2)14(17)9-12-6-7-15-10-12/h11-13,15H,3-10H2,1-2H3. The predicted octanol–water partition coefficient (Wildman–Crippen LogP) is 2.02. The molecule has 1 heterocycles. The number of rotatable bonds is 3. The fourth-order valence-electron chi connectivity index (χ4n) is 3.24. The van der Waals surface area contributed by atoms with E-state index in [9.17, 15) is 4.79 Å². The van der Waals surface area contributed by atoms with Crippen molar-refractivity contribution >= 4 is 5.91 Å². The summed E-state index contributed by atoms with van der Waals surface area (Å²) in [6.45, 7) is 4.42. The second kappa shape index (κ2) is 5.85. The second-order valence-corrected chi connectivity index (χ2v) is 5.99. The number of nitrogens with zero attached hydrogens (tertiary/aromatic N) is 1. The van der Waals surface area contributed by atoms with Crippen LogP contribution in [0.3, 0.4) is 0 Å². The number of carbonyl (C=O) groups excluding carboxylic acids is 1. The molecule has 3 nitrogen and oxygen atoms in total. The van der Waals surface area contributed by atoms with Crippen LogP contribution >= 0.6 is 0 Å². The van der Waals surface area contributed by atoms with Crippen LogP contribution < -0.4 is 5.32 Å². The molecule has 2 rings (SSSR count). The van der Waals surface area contributed by atoms with E-state index in [1.54, 1.807) is 0 Å². The molecular weight excluding hydrogens is 212 g/mol. The molecule has 17 heavy (non-hydrogen) atoms. The summed E-state index contributed by atoms with van der Waals surface area (Å²) in [6, 6.07) is 0.501. The van der Waals surface area contributed by atoms with Gasteiger partial charge in [0, 0.05) is 19.5 Å². The Morgan fingerprint density at radius 3 is 2.82 bits per heavy atom. The van der Waals surface area contributed by atoms with Crippen LogP contribution in [0.25, 0.3) is 0 Å². The molecule has 98 valence electrons. The number of hydrogen-bond acceptors (Lipinski definition) is 2. The molecule has 0 radical (unpaired) electrons. The van der Waals surface area contributed by atoms with Gasteiger partial charge in [0.05, 0.1) is 0 Å². The maximum Gasteiger partial charge on any atom is 0.222 e. The first-order valence-electron chi connectivity index (χ1n) is 7.13. The molecule has 2 aliphatic rings. The van der Waals surface area contributed by atoms with E-state index in [1.807, 2.05) is 11.9 Å².